The molecule has 2 atom stereocenters. The first-order chi connectivity index (χ1) is 8.00. The fourth-order valence-electron chi connectivity index (χ4n) is 1.25. The average molecular weight is 262 g/mol. The van der Waals surface area contributed by atoms with Crippen molar-refractivity contribution in [2.45, 2.75) is 18.9 Å². The minimum atomic E-state index is -1.18. The summed E-state index contributed by atoms with van der Waals surface area (Å²) in [4.78, 5) is 26.7. The molecule has 0 radical (unpaired) electrons. The largest absolute Gasteiger partial charge is 0.477 e. The lowest BCUT2D eigenvalue weighted by Crippen LogP contribution is -2.36. The van der Waals surface area contributed by atoms with Gasteiger partial charge in [-0.2, -0.15) is 0 Å². The fraction of sp³-hybridized carbons (Fsp3) is 0.667. The summed E-state index contributed by atoms with van der Waals surface area (Å²) in [6.45, 7) is 0.390. The van der Waals surface area contributed by atoms with Gasteiger partial charge >= 0.3 is 5.97 Å². The molecule has 1 rings (SSSR count). The number of carboxylic acid groups (broad SMARTS) is 1. The Balaban J connectivity index is 2.22. The Morgan fingerprint density at radius 1 is 1.65 bits per heavy atom. The second kappa shape index (κ2) is 6.33. The maximum absolute atomic E-state index is 11.5. The lowest BCUT2D eigenvalue weighted by Gasteiger charge is -2.08. The van der Waals surface area contributed by atoms with Crippen LogP contribution >= 0.6 is 0 Å². The Morgan fingerprint density at radius 2 is 2.35 bits per heavy atom. The molecule has 0 aromatic rings. The van der Waals surface area contributed by atoms with E-state index in [1.165, 1.54) is 0 Å². The normalized spacial score (nSPS) is 20.3. The minimum Gasteiger partial charge on any atom is -0.477 e. The highest BCUT2D eigenvalue weighted by atomic mass is 32.2. The second-order valence-corrected chi connectivity index (χ2v) is 5.12. The highest BCUT2D eigenvalue weighted by Gasteiger charge is 2.31. The van der Waals surface area contributed by atoms with Crippen LogP contribution in [0.15, 0.2) is 5.16 Å². The molecule has 7 nitrogen and oxygen atoms in total. The molecule has 0 aliphatic carbocycles. The highest BCUT2D eigenvalue weighted by Crippen LogP contribution is 2.10. The molecule has 0 aromatic heterocycles. The van der Waals surface area contributed by atoms with Gasteiger partial charge in [-0.3, -0.25) is 9.00 Å². The smallest absolute Gasteiger partial charge is 0.353 e. The van der Waals surface area contributed by atoms with Gasteiger partial charge in [-0.15, -0.1) is 0 Å². The van der Waals surface area contributed by atoms with Crippen LogP contribution in [0.3, 0.4) is 0 Å². The highest BCUT2D eigenvalue weighted by molar-refractivity contribution is 7.84. The first-order valence-electron chi connectivity index (χ1n) is 5.04. The quantitative estimate of drug-likeness (QED) is 0.604. The topological polar surface area (TPSA) is 105 Å². The van der Waals surface area contributed by atoms with Gasteiger partial charge in [0.1, 0.15) is 0 Å². The van der Waals surface area contributed by atoms with E-state index in [2.05, 4.69) is 10.5 Å². The molecule has 0 saturated heterocycles. The Kier molecular flexibility index (Phi) is 5.08. The maximum Gasteiger partial charge on any atom is 0.353 e. The van der Waals surface area contributed by atoms with Crippen LogP contribution in [0.4, 0.5) is 0 Å². The summed E-state index contributed by atoms with van der Waals surface area (Å²) in [5, 5.41) is 14.5. The summed E-state index contributed by atoms with van der Waals surface area (Å²) in [6, 6.07) is 0. The second-order valence-electron chi connectivity index (χ2n) is 3.56. The average Bonchev–Trinajstić information content (AvgIpc) is 2.73. The van der Waals surface area contributed by atoms with E-state index in [0.717, 1.165) is 0 Å². The molecule has 2 unspecified atom stereocenters. The molecule has 0 aromatic carbocycles. The lowest BCUT2D eigenvalue weighted by molar-refractivity contribution is -0.131. The van der Waals surface area contributed by atoms with Gasteiger partial charge in [-0.05, 0) is 6.42 Å². The van der Waals surface area contributed by atoms with Crippen molar-refractivity contribution < 1.29 is 23.7 Å². The van der Waals surface area contributed by atoms with Gasteiger partial charge in [0.05, 0.1) is 0 Å². The van der Waals surface area contributed by atoms with Crippen molar-refractivity contribution in [2.24, 2.45) is 5.16 Å². The summed E-state index contributed by atoms with van der Waals surface area (Å²) >= 11 is 0. The molecule has 0 spiro atoms. The summed E-state index contributed by atoms with van der Waals surface area (Å²) in [5.41, 5.74) is -0.153. The van der Waals surface area contributed by atoms with Gasteiger partial charge in [0.2, 0.25) is 6.10 Å². The molecule has 0 bridgehead atoms. The van der Waals surface area contributed by atoms with Gasteiger partial charge in [-0.25, -0.2) is 4.79 Å². The standard InChI is InChI=1S/C9H14N2O5S/c1-17(15)4-2-3-10-8(12)7-5-6(9(13)14)11-16-7/h7H,2-5H2,1H3,(H,10,12)(H,13,14). The number of rotatable bonds is 6. The van der Waals surface area contributed by atoms with Crippen LogP contribution in [0, 0.1) is 0 Å². The molecule has 96 valence electrons. The first-order valence-corrected chi connectivity index (χ1v) is 6.77. The molecule has 0 saturated carbocycles. The van der Waals surface area contributed by atoms with E-state index in [1.54, 1.807) is 6.26 Å². The molecule has 8 heteroatoms. The third-order valence-corrected chi connectivity index (χ3v) is 2.98. The number of oxime groups is 1. The zero-order chi connectivity index (χ0) is 12.8. The number of carboxylic acids is 1. The predicted molar refractivity (Wildman–Crippen MR) is 61.1 cm³/mol. The van der Waals surface area contributed by atoms with Crippen LogP contribution in [0.1, 0.15) is 12.8 Å². The van der Waals surface area contributed by atoms with Crippen molar-refractivity contribution in [2.75, 3.05) is 18.6 Å². The number of hydrogen-bond donors (Lipinski definition) is 2. The molecule has 1 heterocycles. The number of hydrogen-bond acceptors (Lipinski definition) is 5. The molecule has 2 N–H and O–H groups in total. The first kappa shape index (κ1) is 13.6. The van der Waals surface area contributed by atoms with Crippen LogP contribution in [-0.4, -0.2) is 51.6 Å². The van der Waals surface area contributed by atoms with E-state index in [0.29, 0.717) is 18.7 Å². The van der Waals surface area contributed by atoms with Crippen molar-refractivity contribution in [1.82, 2.24) is 5.32 Å². The van der Waals surface area contributed by atoms with Crippen molar-refractivity contribution in [3.05, 3.63) is 0 Å². The van der Waals surface area contributed by atoms with Crippen LogP contribution in [0.5, 0.6) is 0 Å². The third kappa shape index (κ3) is 4.51. The van der Waals surface area contributed by atoms with E-state index >= 15 is 0 Å². The van der Waals surface area contributed by atoms with Crippen LogP contribution < -0.4 is 5.32 Å². The monoisotopic (exact) mass is 262 g/mol. The van der Waals surface area contributed by atoms with Gasteiger partial charge in [0, 0.05) is 35.8 Å². The summed E-state index contributed by atoms with van der Waals surface area (Å²) in [5.74, 6) is -1.06. The Morgan fingerprint density at radius 3 is 2.88 bits per heavy atom. The zero-order valence-corrected chi connectivity index (χ0v) is 10.2. The predicted octanol–water partition coefficient (Wildman–Crippen LogP) is -0.899. The fourth-order valence-corrected chi connectivity index (χ4v) is 1.80. The molecule has 1 amide bonds. The van der Waals surface area contributed by atoms with Crippen LogP contribution in [0.2, 0.25) is 0 Å². The van der Waals surface area contributed by atoms with Crippen LogP contribution in [-0.2, 0) is 25.2 Å². The molecule has 0 fully saturated rings. The van der Waals surface area contributed by atoms with Crippen LogP contribution in [0.25, 0.3) is 0 Å². The maximum atomic E-state index is 11.5. The molecular weight excluding hydrogens is 248 g/mol. The molecule has 17 heavy (non-hydrogen) atoms. The molecule has 1 aliphatic rings. The number of carbonyl (C=O) groups is 2. The SMILES string of the molecule is CS(=O)CCCNC(=O)C1CC(C(=O)O)=NO1. The van der Waals surface area contributed by atoms with Crippen molar-refractivity contribution in [3.63, 3.8) is 0 Å². The molecular formula is C9H14N2O5S. The van der Waals surface area contributed by atoms with E-state index in [4.69, 9.17) is 9.94 Å². The van der Waals surface area contributed by atoms with E-state index < -0.39 is 28.8 Å². The number of aliphatic carboxylic acids is 1. The van der Waals surface area contributed by atoms with E-state index in [1.807, 2.05) is 0 Å². The number of amides is 1. The van der Waals surface area contributed by atoms with Crippen molar-refractivity contribution >= 4 is 28.4 Å². The van der Waals surface area contributed by atoms with Gasteiger partial charge in [0.15, 0.2) is 5.71 Å². The summed E-state index contributed by atoms with van der Waals surface area (Å²) in [7, 11) is -0.877. The Bertz CT molecular complexity index is 368. The third-order valence-electron chi connectivity index (χ3n) is 2.12. The zero-order valence-electron chi connectivity index (χ0n) is 9.34. The summed E-state index contributed by atoms with van der Waals surface area (Å²) < 4.78 is 10.8. The number of carbonyl (C=O) groups excluding carboxylic acids is 1. The Hall–Kier alpha value is -1.44. The Labute approximate surface area is 101 Å². The van der Waals surface area contributed by atoms with Gasteiger partial charge < -0.3 is 15.3 Å². The van der Waals surface area contributed by atoms with Gasteiger partial charge in [-0.1, -0.05) is 5.16 Å². The van der Waals surface area contributed by atoms with E-state index in [-0.39, 0.29) is 12.1 Å². The lowest BCUT2D eigenvalue weighted by atomic mass is 10.2. The minimum absolute atomic E-state index is 0.0269. The summed E-state index contributed by atoms with van der Waals surface area (Å²) in [6.07, 6.45) is 1.30. The van der Waals surface area contributed by atoms with Crippen molar-refractivity contribution in [1.29, 1.82) is 0 Å². The van der Waals surface area contributed by atoms with Crippen molar-refractivity contribution in [3.8, 4) is 0 Å². The number of nitrogens with one attached hydrogen (secondary N) is 1. The van der Waals surface area contributed by atoms with Gasteiger partial charge in [0.25, 0.3) is 5.91 Å². The number of nitrogens with zero attached hydrogens (tertiary/aromatic N) is 1. The molecule has 1 aliphatic heterocycles. The van der Waals surface area contributed by atoms with E-state index in [9.17, 15) is 13.8 Å².